The highest BCUT2D eigenvalue weighted by molar-refractivity contribution is 5.83. The number of hydrogen-bond donors (Lipinski definition) is 3. The molecular weight excluding hydrogens is 329 g/mol. The highest BCUT2D eigenvalue weighted by Crippen LogP contribution is 2.34. The molecular formula is C17H22FN3O4. The fourth-order valence-corrected chi connectivity index (χ4v) is 3.64. The summed E-state index contributed by atoms with van der Waals surface area (Å²) in [6.45, 7) is 1.04. The Balaban J connectivity index is 1.74. The predicted molar refractivity (Wildman–Crippen MR) is 86.9 cm³/mol. The van der Waals surface area contributed by atoms with Crippen molar-refractivity contribution in [2.45, 2.75) is 12.5 Å². The van der Waals surface area contributed by atoms with Crippen molar-refractivity contribution in [2.75, 3.05) is 33.4 Å². The van der Waals surface area contributed by atoms with Gasteiger partial charge in [0.2, 0.25) is 5.91 Å². The molecule has 2 aliphatic rings. The number of methoxy groups -OCH3 is 1. The first-order valence-electron chi connectivity index (χ1n) is 8.22. The Morgan fingerprint density at radius 3 is 2.76 bits per heavy atom. The van der Waals surface area contributed by atoms with Crippen LogP contribution in [-0.2, 0) is 14.3 Å². The number of rotatable bonds is 5. The van der Waals surface area contributed by atoms with Crippen LogP contribution in [0.1, 0.15) is 18.0 Å². The first kappa shape index (κ1) is 17.8. The van der Waals surface area contributed by atoms with Gasteiger partial charge in [-0.2, -0.15) is 0 Å². The minimum Gasteiger partial charge on any atom is -0.481 e. The van der Waals surface area contributed by atoms with E-state index in [0.717, 1.165) is 5.56 Å². The number of carbonyl (C=O) groups is 2. The minimum atomic E-state index is -1.05. The summed E-state index contributed by atoms with van der Waals surface area (Å²) in [7, 11) is 1.46. The fourth-order valence-electron chi connectivity index (χ4n) is 3.64. The maximum Gasteiger partial charge on any atom is 0.313 e. The number of nitrogens with one attached hydrogen (secondary N) is 2. The third-order valence-corrected chi connectivity index (χ3v) is 5.07. The van der Waals surface area contributed by atoms with Crippen molar-refractivity contribution in [2.24, 2.45) is 11.3 Å². The third-order valence-electron chi connectivity index (χ3n) is 5.07. The maximum absolute atomic E-state index is 13.1. The molecule has 2 aliphatic heterocycles. The number of aliphatic carboxylic acids is 1. The van der Waals surface area contributed by atoms with Crippen LogP contribution < -0.4 is 10.9 Å². The van der Waals surface area contributed by atoms with Crippen molar-refractivity contribution >= 4 is 11.9 Å². The summed E-state index contributed by atoms with van der Waals surface area (Å²) in [6, 6.07) is 5.74. The average molecular weight is 351 g/mol. The number of nitrogens with zero attached hydrogens (tertiary/aromatic N) is 1. The van der Waals surface area contributed by atoms with Crippen LogP contribution in [0.25, 0.3) is 0 Å². The summed E-state index contributed by atoms with van der Waals surface area (Å²) in [5, 5.41) is 9.54. The molecule has 1 aromatic carbocycles. The molecule has 2 saturated heterocycles. The standard InChI is InChI=1S/C17H22FN3O4/c1-25-10-17(16(23)24)6-7-21(9-17)15(22)13-8-19-20-14(13)11-2-4-12(18)5-3-11/h2-5,13-14,19-20H,6-10H2,1H3,(H,23,24). The zero-order chi connectivity index (χ0) is 18.0. The summed E-state index contributed by atoms with van der Waals surface area (Å²) >= 11 is 0. The van der Waals surface area contributed by atoms with Gasteiger partial charge in [-0.3, -0.25) is 15.0 Å². The molecule has 25 heavy (non-hydrogen) atoms. The van der Waals surface area contributed by atoms with E-state index < -0.39 is 11.4 Å². The van der Waals surface area contributed by atoms with E-state index in [-0.39, 0.29) is 36.8 Å². The van der Waals surface area contributed by atoms with E-state index >= 15 is 0 Å². The lowest BCUT2D eigenvalue weighted by Gasteiger charge is -2.27. The Kier molecular flexibility index (Phi) is 5.03. The molecule has 3 rings (SSSR count). The number of ether oxygens (including phenoxy) is 1. The van der Waals surface area contributed by atoms with Crippen molar-refractivity contribution in [3.8, 4) is 0 Å². The zero-order valence-corrected chi connectivity index (χ0v) is 14.0. The third kappa shape index (κ3) is 3.37. The molecule has 2 heterocycles. The normalized spacial score (nSPS) is 29.1. The van der Waals surface area contributed by atoms with Crippen molar-refractivity contribution in [1.82, 2.24) is 15.8 Å². The lowest BCUT2D eigenvalue weighted by molar-refractivity contribution is -0.151. The average Bonchev–Trinajstić information content (AvgIpc) is 3.23. The first-order valence-corrected chi connectivity index (χ1v) is 8.22. The molecule has 0 spiro atoms. The summed E-state index contributed by atoms with van der Waals surface area (Å²) in [5.41, 5.74) is 5.79. The van der Waals surface area contributed by atoms with Crippen molar-refractivity contribution < 1.29 is 23.8 Å². The van der Waals surface area contributed by atoms with Gasteiger partial charge in [0, 0.05) is 26.7 Å². The second kappa shape index (κ2) is 7.07. The summed E-state index contributed by atoms with van der Waals surface area (Å²) in [5.74, 6) is -1.76. The van der Waals surface area contributed by atoms with Gasteiger partial charge in [0.1, 0.15) is 11.2 Å². The van der Waals surface area contributed by atoms with Gasteiger partial charge >= 0.3 is 5.97 Å². The molecule has 3 unspecified atom stereocenters. The first-order chi connectivity index (χ1) is 12.0. The highest BCUT2D eigenvalue weighted by atomic mass is 19.1. The van der Waals surface area contributed by atoms with E-state index in [2.05, 4.69) is 10.9 Å². The number of carbonyl (C=O) groups excluding carboxylic acids is 1. The highest BCUT2D eigenvalue weighted by Gasteiger charge is 2.48. The number of carboxylic acid groups (broad SMARTS) is 1. The number of likely N-dealkylation sites (tertiary alicyclic amines) is 1. The van der Waals surface area contributed by atoms with Crippen LogP contribution >= 0.6 is 0 Å². The predicted octanol–water partition coefficient (Wildman–Crippen LogP) is 0.541. The fraction of sp³-hybridized carbons (Fsp3) is 0.529. The van der Waals surface area contributed by atoms with E-state index in [0.29, 0.717) is 19.5 Å². The molecule has 0 radical (unpaired) electrons. The summed E-state index contributed by atoms with van der Waals surface area (Å²) < 4.78 is 18.2. The van der Waals surface area contributed by atoms with E-state index in [1.807, 2.05) is 0 Å². The lowest BCUT2D eigenvalue weighted by atomic mass is 9.88. The molecule has 3 N–H and O–H groups in total. The molecule has 0 bridgehead atoms. The van der Waals surface area contributed by atoms with E-state index in [4.69, 9.17) is 4.74 Å². The van der Waals surface area contributed by atoms with Crippen molar-refractivity contribution in [1.29, 1.82) is 0 Å². The zero-order valence-electron chi connectivity index (χ0n) is 14.0. The molecule has 0 saturated carbocycles. The van der Waals surface area contributed by atoms with Crippen LogP contribution in [0, 0.1) is 17.2 Å². The van der Waals surface area contributed by atoms with E-state index in [1.165, 1.54) is 19.2 Å². The van der Waals surface area contributed by atoms with Gasteiger partial charge in [-0.25, -0.2) is 9.82 Å². The Labute approximate surface area is 145 Å². The molecule has 0 aromatic heterocycles. The second-order valence-corrected chi connectivity index (χ2v) is 6.69. The van der Waals surface area contributed by atoms with Crippen LogP contribution in [0.3, 0.4) is 0 Å². The monoisotopic (exact) mass is 351 g/mol. The van der Waals surface area contributed by atoms with Crippen LogP contribution in [0.2, 0.25) is 0 Å². The maximum atomic E-state index is 13.1. The Bertz CT molecular complexity index is 654. The van der Waals surface area contributed by atoms with E-state index in [1.54, 1.807) is 17.0 Å². The largest absolute Gasteiger partial charge is 0.481 e. The van der Waals surface area contributed by atoms with Crippen molar-refractivity contribution in [3.05, 3.63) is 35.6 Å². The summed E-state index contributed by atoms with van der Waals surface area (Å²) in [6.07, 6.45) is 0.372. The molecule has 2 fully saturated rings. The molecule has 8 heteroatoms. The Hall–Kier alpha value is -2.03. The quantitative estimate of drug-likeness (QED) is 0.717. The Morgan fingerprint density at radius 1 is 1.40 bits per heavy atom. The Morgan fingerprint density at radius 2 is 2.12 bits per heavy atom. The second-order valence-electron chi connectivity index (χ2n) is 6.69. The van der Waals surface area contributed by atoms with Gasteiger partial charge in [0.05, 0.1) is 18.6 Å². The van der Waals surface area contributed by atoms with E-state index in [9.17, 15) is 19.1 Å². The molecule has 3 atom stereocenters. The summed E-state index contributed by atoms with van der Waals surface area (Å²) in [4.78, 5) is 26.2. The van der Waals surface area contributed by atoms with Crippen LogP contribution in [0.4, 0.5) is 4.39 Å². The van der Waals surface area contributed by atoms with Gasteiger partial charge in [0.25, 0.3) is 0 Å². The van der Waals surface area contributed by atoms with Crippen LogP contribution in [-0.4, -0.2) is 55.2 Å². The molecule has 1 aromatic rings. The lowest BCUT2D eigenvalue weighted by Crippen LogP contribution is -2.43. The molecule has 1 amide bonds. The minimum absolute atomic E-state index is 0.0780. The number of carboxylic acids is 1. The smallest absolute Gasteiger partial charge is 0.313 e. The number of hydrazine groups is 1. The SMILES string of the molecule is COCC1(C(=O)O)CCN(C(=O)C2CNNC2c2ccc(F)cc2)C1. The van der Waals surface area contributed by atoms with Crippen molar-refractivity contribution in [3.63, 3.8) is 0 Å². The molecule has 136 valence electrons. The number of hydrogen-bond acceptors (Lipinski definition) is 5. The van der Waals surface area contributed by atoms with Crippen LogP contribution in [0.5, 0.6) is 0 Å². The van der Waals surface area contributed by atoms with Gasteiger partial charge < -0.3 is 14.7 Å². The van der Waals surface area contributed by atoms with Crippen LogP contribution in [0.15, 0.2) is 24.3 Å². The topological polar surface area (TPSA) is 90.9 Å². The van der Waals surface area contributed by atoms with Gasteiger partial charge in [-0.05, 0) is 24.1 Å². The number of benzene rings is 1. The molecule has 0 aliphatic carbocycles. The van der Waals surface area contributed by atoms with Gasteiger partial charge in [-0.1, -0.05) is 12.1 Å². The molecule has 7 nitrogen and oxygen atoms in total. The van der Waals surface area contributed by atoms with Gasteiger partial charge in [-0.15, -0.1) is 0 Å². The number of halogens is 1. The number of amides is 1. The van der Waals surface area contributed by atoms with Gasteiger partial charge in [0.15, 0.2) is 0 Å².